The number of anilines is 1. The second kappa shape index (κ2) is 5.13. The molecule has 6 heteroatoms. The average Bonchev–Trinajstić information content (AvgIpc) is 2.89. The van der Waals surface area contributed by atoms with Crippen LogP contribution in [0.2, 0.25) is 0 Å². The maximum Gasteiger partial charge on any atom is 0.245 e. The number of nitrogens with one attached hydrogen (secondary N) is 1. The highest BCUT2D eigenvalue weighted by Gasteiger charge is 2.20. The minimum absolute atomic E-state index is 0.260. The number of phenolic OH excluding ortho intramolecular Hbond substituents is 1. The van der Waals surface area contributed by atoms with Crippen LogP contribution in [0.15, 0.2) is 18.2 Å². The third-order valence-corrected chi connectivity index (χ3v) is 3.76. The van der Waals surface area contributed by atoms with Gasteiger partial charge in [-0.2, -0.15) is 4.98 Å². The second-order valence-corrected chi connectivity index (χ2v) is 5.31. The molecular formula is C14H19N5O. The number of piperidine rings is 1. The van der Waals surface area contributed by atoms with Gasteiger partial charge in [0.15, 0.2) is 5.82 Å². The lowest BCUT2D eigenvalue weighted by molar-refractivity contribution is 0.475. The molecule has 2 heterocycles. The highest BCUT2D eigenvalue weighted by molar-refractivity contribution is 5.62. The quantitative estimate of drug-likeness (QED) is 0.769. The fourth-order valence-corrected chi connectivity index (χ4v) is 2.53. The molecule has 0 amide bonds. The number of aromatic nitrogens is 3. The Morgan fingerprint density at radius 1 is 1.35 bits per heavy atom. The van der Waals surface area contributed by atoms with E-state index in [1.54, 1.807) is 12.1 Å². The van der Waals surface area contributed by atoms with E-state index in [1.165, 1.54) is 0 Å². The molecule has 4 N–H and O–H groups in total. The van der Waals surface area contributed by atoms with Crippen molar-refractivity contribution in [2.75, 3.05) is 18.0 Å². The minimum atomic E-state index is 0.260. The van der Waals surface area contributed by atoms with Crippen molar-refractivity contribution in [1.82, 2.24) is 15.2 Å². The lowest BCUT2D eigenvalue weighted by Gasteiger charge is -2.28. The Bertz CT molecular complexity index is 601. The summed E-state index contributed by atoms with van der Waals surface area (Å²) in [6.45, 7) is 3.73. The molecule has 0 radical (unpaired) electrons. The maximum atomic E-state index is 9.45. The summed E-state index contributed by atoms with van der Waals surface area (Å²) >= 11 is 0. The van der Waals surface area contributed by atoms with E-state index in [9.17, 15) is 5.11 Å². The number of nitrogens with two attached hydrogens (primary N) is 1. The normalized spacial score (nSPS) is 16.6. The number of benzene rings is 1. The topological polar surface area (TPSA) is 91.1 Å². The smallest absolute Gasteiger partial charge is 0.245 e. The summed E-state index contributed by atoms with van der Waals surface area (Å²) < 4.78 is 0. The van der Waals surface area contributed by atoms with Gasteiger partial charge in [0.2, 0.25) is 5.95 Å². The predicted octanol–water partition coefficient (Wildman–Crippen LogP) is 1.41. The third-order valence-electron chi connectivity index (χ3n) is 3.76. The van der Waals surface area contributed by atoms with Crippen LogP contribution in [0.4, 0.5) is 5.95 Å². The van der Waals surface area contributed by atoms with Crippen LogP contribution in [-0.4, -0.2) is 39.4 Å². The van der Waals surface area contributed by atoms with Gasteiger partial charge in [-0.05, 0) is 43.5 Å². The average molecular weight is 273 g/mol. The monoisotopic (exact) mass is 273 g/mol. The van der Waals surface area contributed by atoms with Crippen LogP contribution in [0, 0.1) is 6.92 Å². The first-order chi connectivity index (χ1) is 9.63. The van der Waals surface area contributed by atoms with E-state index in [0.29, 0.717) is 6.04 Å². The van der Waals surface area contributed by atoms with Crippen LogP contribution in [0.5, 0.6) is 5.75 Å². The zero-order chi connectivity index (χ0) is 14.1. The number of phenols is 1. The molecule has 1 aliphatic rings. The Labute approximate surface area is 117 Å². The highest BCUT2D eigenvalue weighted by atomic mass is 16.3. The SMILES string of the molecule is Cc1cc(O)ccc1-c1nc(N2CCC(N)CC2)n[nH]1. The molecule has 1 saturated heterocycles. The molecule has 20 heavy (non-hydrogen) atoms. The van der Waals surface area contributed by atoms with Gasteiger partial charge in [0.05, 0.1) is 0 Å². The van der Waals surface area contributed by atoms with E-state index in [-0.39, 0.29) is 5.75 Å². The molecule has 2 aromatic rings. The molecule has 1 aromatic carbocycles. The van der Waals surface area contributed by atoms with Crippen LogP contribution in [-0.2, 0) is 0 Å². The van der Waals surface area contributed by atoms with Crippen LogP contribution in [0.3, 0.4) is 0 Å². The number of rotatable bonds is 2. The fraction of sp³-hybridized carbons (Fsp3) is 0.429. The Hall–Kier alpha value is -2.08. The van der Waals surface area contributed by atoms with Gasteiger partial charge >= 0.3 is 0 Å². The first kappa shape index (κ1) is 12.9. The van der Waals surface area contributed by atoms with Gasteiger partial charge in [0.25, 0.3) is 0 Å². The fourth-order valence-electron chi connectivity index (χ4n) is 2.53. The van der Waals surface area contributed by atoms with E-state index in [1.807, 2.05) is 13.0 Å². The molecule has 0 saturated carbocycles. The summed E-state index contributed by atoms with van der Waals surface area (Å²) in [5.74, 6) is 1.71. The largest absolute Gasteiger partial charge is 0.508 e. The number of nitrogens with zero attached hydrogens (tertiary/aromatic N) is 3. The lowest BCUT2D eigenvalue weighted by atomic mass is 10.1. The number of H-pyrrole nitrogens is 1. The molecule has 0 aliphatic carbocycles. The first-order valence-electron chi connectivity index (χ1n) is 6.86. The first-order valence-corrected chi connectivity index (χ1v) is 6.86. The third kappa shape index (κ3) is 2.46. The van der Waals surface area contributed by atoms with Gasteiger partial charge < -0.3 is 15.7 Å². The van der Waals surface area contributed by atoms with Crippen molar-refractivity contribution < 1.29 is 5.11 Å². The summed E-state index contributed by atoms with van der Waals surface area (Å²) in [6, 6.07) is 5.52. The Morgan fingerprint density at radius 2 is 2.10 bits per heavy atom. The summed E-state index contributed by atoms with van der Waals surface area (Å²) in [4.78, 5) is 6.71. The van der Waals surface area contributed by atoms with Gasteiger partial charge in [-0.25, -0.2) is 0 Å². The number of aromatic hydroxyl groups is 1. The van der Waals surface area contributed by atoms with Gasteiger partial charge in [-0.3, -0.25) is 5.10 Å². The number of hydrogen-bond acceptors (Lipinski definition) is 5. The molecule has 0 unspecified atom stereocenters. The molecule has 0 bridgehead atoms. The van der Waals surface area contributed by atoms with Crippen molar-refractivity contribution in [3.05, 3.63) is 23.8 Å². The number of hydrogen-bond donors (Lipinski definition) is 3. The lowest BCUT2D eigenvalue weighted by Crippen LogP contribution is -2.40. The van der Waals surface area contributed by atoms with E-state index >= 15 is 0 Å². The summed E-state index contributed by atoms with van der Waals surface area (Å²) in [7, 11) is 0. The van der Waals surface area contributed by atoms with E-state index < -0.39 is 0 Å². The van der Waals surface area contributed by atoms with Crippen molar-refractivity contribution in [2.45, 2.75) is 25.8 Å². The van der Waals surface area contributed by atoms with E-state index in [4.69, 9.17) is 5.73 Å². The summed E-state index contributed by atoms with van der Waals surface area (Å²) in [5, 5.41) is 16.7. The Morgan fingerprint density at radius 3 is 2.80 bits per heavy atom. The van der Waals surface area contributed by atoms with Gasteiger partial charge in [-0.15, -0.1) is 5.10 Å². The zero-order valence-corrected chi connectivity index (χ0v) is 11.5. The number of aromatic amines is 1. The van der Waals surface area contributed by atoms with Crippen molar-refractivity contribution in [2.24, 2.45) is 5.73 Å². The molecule has 6 nitrogen and oxygen atoms in total. The van der Waals surface area contributed by atoms with Crippen molar-refractivity contribution in [3.63, 3.8) is 0 Å². The second-order valence-electron chi connectivity index (χ2n) is 5.31. The Kier molecular flexibility index (Phi) is 3.31. The van der Waals surface area contributed by atoms with Crippen molar-refractivity contribution in [1.29, 1.82) is 0 Å². The highest BCUT2D eigenvalue weighted by Crippen LogP contribution is 2.25. The molecular weight excluding hydrogens is 254 g/mol. The van der Waals surface area contributed by atoms with Gasteiger partial charge in [-0.1, -0.05) is 0 Å². The molecule has 3 rings (SSSR count). The zero-order valence-electron chi connectivity index (χ0n) is 11.5. The molecule has 1 aromatic heterocycles. The molecule has 0 spiro atoms. The van der Waals surface area contributed by atoms with Crippen LogP contribution in [0.25, 0.3) is 11.4 Å². The molecule has 106 valence electrons. The van der Waals surface area contributed by atoms with Crippen LogP contribution >= 0.6 is 0 Å². The maximum absolute atomic E-state index is 9.45. The summed E-state index contributed by atoms with van der Waals surface area (Å²) in [5.41, 5.74) is 7.83. The molecule has 0 atom stereocenters. The summed E-state index contributed by atoms with van der Waals surface area (Å²) in [6.07, 6.45) is 1.95. The number of aryl methyl sites for hydroxylation is 1. The molecule has 1 fully saturated rings. The van der Waals surface area contributed by atoms with E-state index in [0.717, 1.165) is 48.8 Å². The van der Waals surface area contributed by atoms with Gasteiger partial charge in [0.1, 0.15) is 5.75 Å². The van der Waals surface area contributed by atoms with Crippen molar-refractivity contribution >= 4 is 5.95 Å². The standard InChI is InChI=1S/C14H19N5O/c1-9-8-11(20)2-3-12(9)13-16-14(18-17-13)19-6-4-10(15)5-7-19/h2-3,8,10,20H,4-7,15H2,1H3,(H,16,17,18). The van der Waals surface area contributed by atoms with E-state index in [2.05, 4.69) is 20.1 Å². The molecule has 1 aliphatic heterocycles. The van der Waals surface area contributed by atoms with Gasteiger partial charge in [0, 0.05) is 24.7 Å². The minimum Gasteiger partial charge on any atom is -0.508 e. The van der Waals surface area contributed by atoms with Crippen molar-refractivity contribution in [3.8, 4) is 17.1 Å². The Balaban J connectivity index is 1.83. The van der Waals surface area contributed by atoms with Crippen LogP contribution < -0.4 is 10.6 Å². The van der Waals surface area contributed by atoms with Crippen LogP contribution in [0.1, 0.15) is 18.4 Å². The predicted molar refractivity (Wildman–Crippen MR) is 77.6 cm³/mol.